The Morgan fingerprint density at radius 1 is 1.29 bits per heavy atom. The SMILES string of the molecule is CC1CCN(C(CNc2nc(N)c3cnn(C)c3n2)C(C)C)CC1. The van der Waals surface area contributed by atoms with Crippen molar-refractivity contribution in [2.24, 2.45) is 18.9 Å². The Labute approximate surface area is 143 Å². The number of rotatable bonds is 5. The fourth-order valence-corrected chi connectivity index (χ4v) is 3.47. The number of anilines is 2. The number of hydrogen-bond acceptors (Lipinski definition) is 6. The van der Waals surface area contributed by atoms with E-state index in [9.17, 15) is 0 Å². The number of nitrogens with zero attached hydrogens (tertiary/aromatic N) is 5. The number of likely N-dealkylation sites (tertiary alicyclic amines) is 1. The number of nitrogens with one attached hydrogen (secondary N) is 1. The molecule has 1 aliphatic rings. The van der Waals surface area contributed by atoms with Crippen LogP contribution in [-0.4, -0.2) is 50.3 Å². The largest absolute Gasteiger partial charge is 0.383 e. The summed E-state index contributed by atoms with van der Waals surface area (Å²) in [6.45, 7) is 10.1. The third-order valence-corrected chi connectivity index (χ3v) is 5.15. The Hall–Kier alpha value is -1.89. The molecule has 132 valence electrons. The second-order valence-corrected chi connectivity index (χ2v) is 7.35. The van der Waals surface area contributed by atoms with Gasteiger partial charge in [0, 0.05) is 19.6 Å². The van der Waals surface area contributed by atoms with Crippen LogP contribution in [0.3, 0.4) is 0 Å². The molecule has 1 fully saturated rings. The van der Waals surface area contributed by atoms with Crippen LogP contribution < -0.4 is 11.1 Å². The van der Waals surface area contributed by atoms with Crippen LogP contribution in [0.1, 0.15) is 33.6 Å². The maximum absolute atomic E-state index is 6.04. The Balaban J connectivity index is 1.71. The predicted molar refractivity (Wildman–Crippen MR) is 97.8 cm³/mol. The maximum atomic E-state index is 6.04. The first-order valence-electron chi connectivity index (χ1n) is 8.89. The van der Waals surface area contributed by atoms with E-state index in [1.165, 1.54) is 25.9 Å². The fraction of sp³-hybridized carbons (Fsp3) is 0.706. The zero-order valence-corrected chi connectivity index (χ0v) is 15.2. The first kappa shape index (κ1) is 17.0. The van der Waals surface area contributed by atoms with Crippen molar-refractivity contribution < 1.29 is 0 Å². The Morgan fingerprint density at radius 3 is 2.67 bits per heavy atom. The lowest BCUT2D eigenvalue weighted by Gasteiger charge is -2.38. The molecule has 3 rings (SSSR count). The number of nitrogen functional groups attached to an aromatic ring is 1. The molecular weight excluding hydrogens is 302 g/mol. The summed E-state index contributed by atoms with van der Waals surface area (Å²) in [7, 11) is 1.87. The van der Waals surface area contributed by atoms with Crippen LogP contribution in [0, 0.1) is 11.8 Å². The molecule has 0 spiro atoms. The number of fused-ring (bicyclic) bond motifs is 1. The van der Waals surface area contributed by atoms with Gasteiger partial charge in [0.05, 0.1) is 11.6 Å². The zero-order chi connectivity index (χ0) is 17.3. The van der Waals surface area contributed by atoms with Gasteiger partial charge in [-0.15, -0.1) is 0 Å². The van der Waals surface area contributed by atoms with E-state index in [1.54, 1.807) is 10.9 Å². The van der Waals surface area contributed by atoms with E-state index in [0.29, 0.717) is 23.7 Å². The van der Waals surface area contributed by atoms with Crippen LogP contribution in [-0.2, 0) is 7.05 Å². The minimum atomic E-state index is 0.475. The van der Waals surface area contributed by atoms with Gasteiger partial charge in [-0.3, -0.25) is 9.58 Å². The molecule has 1 unspecified atom stereocenters. The molecule has 1 atom stereocenters. The van der Waals surface area contributed by atoms with Crippen LogP contribution in [0.4, 0.5) is 11.8 Å². The fourth-order valence-electron chi connectivity index (χ4n) is 3.47. The molecule has 2 aromatic rings. The minimum absolute atomic E-state index is 0.475. The second kappa shape index (κ2) is 6.93. The van der Waals surface area contributed by atoms with Crippen molar-refractivity contribution in [2.45, 2.75) is 39.7 Å². The van der Waals surface area contributed by atoms with E-state index in [1.807, 2.05) is 7.05 Å². The molecule has 3 heterocycles. The lowest BCUT2D eigenvalue weighted by atomic mass is 9.94. The standard InChI is InChI=1S/C17H29N7/c1-11(2)14(24-7-5-12(3)6-8-24)10-19-17-21-15(18)13-9-20-23(4)16(13)22-17/h9,11-12,14H,5-8,10H2,1-4H3,(H3,18,19,21,22). The predicted octanol–water partition coefficient (Wildman–Crippen LogP) is 2.11. The van der Waals surface area contributed by atoms with Gasteiger partial charge in [0.25, 0.3) is 0 Å². The van der Waals surface area contributed by atoms with Gasteiger partial charge in [-0.2, -0.15) is 15.1 Å². The average Bonchev–Trinajstić information content (AvgIpc) is 2.91. The highest BCUT2D eigenvalue weighted by Gasteiger charge is 2.25. The summed E-state index contributed by atoms with van der Waals surface area (Å²) in [6.07, 6.45) is 4.28. The van der Waals surface area contributed by atoms with Gasteiger partial charge in [0.15, 0.2) is 5.65 Å². The van der Waals surface area contributed by atoms with E-state index in [2.05, 4.69) is 46.1 Å². The minimum Gasteiger partial charge on any atom is -0.383 e. The zero-order valence-electron chi connectivity index (χ0n) is 15.2. The third kappa shape index (κ3) is 3.45. The maximum Gasteiger partial charge on any atom is 0.226 e. The Bertz CT molecular complexity index is 686. The molecule has 7 nitrogen and oxygen atoms in total. The van der Waals surface area contributed by atoms with Crippen LogP contribution in [0.15, 0.2) is 6.20 Å². The third-order valence-electron chi connectivity index (χ3n) is 5.15. The molecular formula is C17H29N7. The van der Waals surface area contributed by atoms with Crippen molar-refractivity contribution in [3.63, 3.8) is 0 Å². The summed E-state index contributed by atoms with van der Waals surface area (Å²) >= 11 is 0. The summed E-state index contributed by atoms with van der Waals surface area (Å²) in [4.78, 5) is 11.6. The number of piperidine rings is 1. The second-order valence-electron chi connectivity index (χ2n) is 7.35. The summed E-state index contributed by atoms with van der Waals surface area (Å²) in [5.74, 6) is 2.48. The van der Waals surface area contributed by atoms with Gasteiger partial charge >= 0.3 is 0 Å². The monoisotopic (exact) mass is 331 g/mol. The molecule has 0 aromatic carbocycles. The molecule has 0 radical (unpaired) electrons. The Kier molecular flexibility index (Phi) is 4.89. The smallest absolute Gasteiger partial charge is 0.226 e. The number of aryl methyl sites for hydroxylation is 1. The quantitative estimate of drug-likeness (QED) is 0.873. The molecule has 1 saturated heterocycles. The van der Waals surface area contributed by atoms with Gasteiger partial charge in [-0.05, 0) is 37.8 Å². The number of aromatic nitrogens is 4. The van der Waals surface area contributed by atoms with E-state index >= 15 is 0 Å². The van der Waals surface area contributed by atoms with Crippen molar-refractivity contribution in [3.8, 4) is 0 Å². The van der Waals surface area contributed by atoms with Crippen LogP contribution in [0.5, 0.6) is 0 Å². The van der Waals surface area contributed by atoms with Crippen LogP contribution in [0.2, 0.25) is 0 Å². The highest BCUT2D eigenvalue weighted by molar-refractivity contribution is 5.86. The van der Waals surface area contributed by atoms with Crippen molar-refractivity contribution in [3.05, 3.63) is 6.20 Å². The van der Waals surface area contributed by atoms with Crippen molar-refractivity contribution in [1.29, 1.82) is 0 Å². The van der Waals surface area contributed by atoms with Gasteiger partial charge in [0.1, 0.15) is 5.82 Å². The lowest BCUT2D eigenvalue weighted by Crippen LogP contribution is -2.47. The van der Waals surface area contributed by atoms with Gasteiger partial charge in [-0.1, -0.05) is 20.8 Å². The van der Waals surface area contributed by atoms with Crippen LogP contribution >= 0.6 is 0 Å². The summed E-state index contributed by atoms with van der Waals surface area (Å²) < 4.78 is 1.73. The summed E-state index contributed by atoms with van der Waals surface area (Å²) in [6, 6.07) is 0.476. The topological polar surface area (TPSA) is 84.9 Å². The molecule has 3 N–H and O–H groups in total. The lowest BCUT2D eigenvalue weighted by molar-refractivity contribution is 0.115. The molecule has 7 heteroatoms. The highest BCUT2D eigenvalue weighted by atomic mass is 15.3. The Morgan fingerprint density at radius 2 is 2.00 bits per heavy atom. The first-order valence-corrected chi connectivity index (χ1v) is 8.89. The van der Waals surface area contributed by atoms with E-state index in [4.69, 9.17) is 5.73 Å². The molecule has 0 saturated carbocycles. The van der Waals surface area contributed by atoms with Gasteiger partial charge in [-0.25, -0.2) is 0 Å². The number of nitrogens with two attached hydrogens (primary N) is 1. The molecule has 2 aromatic heterocycles. The van der Waals surface area contributed by atoms with E-state index in [0.717, 1.165) is 23.5 Å². The average molecular weight is 331 g/mol. The van der Waals surface area contributed by atoms with E-state index in [-0.39, 0.29) is 0 Å². The first-order chi connectivity index (χ1) is 11.5. The molecule has 1 aliphatic heterocycles. The molecule has 0 amide bonds. The van der Waals surface area contributed by atoms with Gasteiger partial charge in [0.2, 0.25) is 5.95 Å². The molecule has 0 bridgehead atoms. The van der Waals surface area contributed by atoms with Crippen LogP contribution in [0.25, 0.3) is 11.0 Å². The van der Waals surface area contributed by atoms with Gasteiger partial charge < -0.3 is 11.1 Å². The molecule has 0 aliphatic carbocycles. The summed E-state index contributed by atoms with van der Waals surface area (Å²) in [5, 5.41) is 8.40. The van der Waals surface area contributed by atoms with Crippen molar-refractivity contribution >= 4 is 22.8 Å². The summed E-state index contributed by atoms with van der Waals surface area (Å²) in [5.41, 5.74) is 6.80. The van der Waals surface area contributed by atoms with E-state index < -0.39 is 0 Å². The molecule has 24 heavy (non-hydrogen) atoms. The normalized spacial score (nSPS) is 18.4. The van der Waals surface area contributed by atoms with Crippen molar-refractivity contribution in [1.82, 2.24) is 24.6 Å². The highest BCUT2D eigenvalue weighted by Crippen LogP contribution is 2.22. The number of hydrogen-bond donors (Lipinski definition) is 2. The van der Waals surface area contributed by atoms with Crippen molar-refractivity contribution in [2.75, 3.05) is 30.7 Å².